The molecule has 2 aromatic rings. The Morgan fingerprint density at radius 3 is 2.05 bits per heavy atom. The molecule has 8 heteroatoms. The number of aliphatic imine (C=N–C) groups is 2. The van der Waals surface area contributed by atoms with E-state index in [1.165, 1.54) is 0 Å². The summed E-state index contributed by atoms with van der Waals surface area (Å²) in [5, 5.41) is 11.3. The van der Waals surface area contributed by atoms with Gasteiger partial charge in [-0.1, -0.05) is 0 Å². The quantitative estimate of drug-likeness (QED) is 0.645. The number of aromatic hydroxyl groups is 1. The Hall–Kier alpha value is -2.74. The summed E-state index contributed by atoms with van der Waals surface area (Å²) in [4.78, 5) is 7.58. The van der Waals surface area contributed by atoms with Crippen molar-refractivity contribution in [3.63, 3.8) is 0 Å². The molecular formula is C12H11N3O4S. The molecule has 0 aliphatic carbocycles. The standard InChI is InChI=1S/C12H11N3O.O3S/c1-14-10-6-4-7-8(12(10)16)3-5-9(13)11(7)15-2;1-4(2)3/h3-6,16H,1-2,13H2;. The fraction of sp³-hybridized carbons (Fsp3) is 0. The number of hydrogen-bond acceptors (Lipinski definition) is 7. The number of nitrogens with zero attached hydrogens (tertiary/aromatic N) is 2. The summed E-state index contributed by atoms with van der Waals surface area (Å²) in [5.41, 5.74) is 7.31. The number of phenols is 1. The third kappa shape index (κ3) is 3.18. The van der Waals surface area contributed by atoms with E-state index >= 15 is 0 Å². The van der Waals surface area contributed by atoms with Crippen molar-refractivity contribution in [2.24, 2.45) is 9.98 Å². The van der Waals surface area contributed by atoms with Gasteiger partial charge in [0.25, 0.3) is 0 Å². The lowest BCUT2D eigenvalue weighted by Gasteiger charge is -2.08. The number of benzene rings is 2. The Bertz CT molecular complexity index is 778. The molecular weight excluding hydrogens is 282 g/mol. The van der Waals surface area contributed by atoms with Crippen molar-refractivity contribution >= 4 is 51.9 Å². The average Bonchev–Trinajstić information content (AvgIpc) is 2.38. The van der Waals surface area contributed by atoms with Crippen molar-refractivity contribution in [2.75, 3.05) is 5.73 Å². The van der Waals surface area contributed by atoms with Gasteiger partial charge in [0.05, 0.1) is 11.4 Å². The van der Waals surface area contributed by atoms with Gasteiger partial charge in [0, 0.05) is 10.8 Å². The molecule has 0 fully saturated rings. The Morgan fingerprint density at radius 1 is 1.00 bits per heavy atom. The monoisotopic (exact) mass is 293 g/mol. The highest BCUT2D eigenvalue weighted by Gasteiger charge is 2.09. The minimum absolute atomic E-state index is 0.0809. The summed E-state index contributed by atoms with van der Waals surface area (Å²) in [7, 11) is -3.11. The topological polar surface area (TPSA) is 122 Å². The maximum absolute atomic E-state index is 9.92. The van der Waals surface area contributed by atoms with Crippen molar-refractivity contribution in [1.82, 2.24) is 0 Å². The third-order valence-corrected chi connectivity index (χ3v) is 2.48. The van der Waals surface area contributed by atoms with Crippen molar-refractivity contribution in [3.8, 4) is 5.75 Å². The second kappa shape index (κ2) is 6.43. The predicted molar refractivity (Wildman–Crippen MR) is 78.1 cm³/mol. The highest BCUT2D eigenvalue weighted by Crippen LogP contribution is 2.40. The van der Waals surface area contributed by atoms with Crippen molar-refractivity contribution in [2.45, 2.75) is 0 Å². The van der Waals surface area contributed by atoms with E-state index < -0.39 is 10.6 Å². The fourth-order valence-electron chi connectivity index (χ4n) is 1.68. The van der Waals surface area contributed by atoms with Crippen LogP contribution in [-0.2, 0) is 10.6 Å². The van der Waals surface area contributed by atoms with Gasteiger partial charge in [-0.05, 0) is 37.7 Å². The van der Waals surface area contributed by atoms with Crippen LogP contribution in [0.5, 0.6) is 5.75 Å². The van der Waals surface area contributed by atoms with Crippen LogP contribution in [0.2, 0.25) is 0 Å². The number of fused-ring (bicyclic) bond motifs is 1. The molecule has 7 nitrogen and oxygen atoms in total. The van der Waals surface area contributed by atoms with E-state index in [4.69, 9.17) is 18.4 Å². The lowest BCUT2D eigenvalue weighted by atomic mass is 10.1. The molecule has 0 saturated carbocycles. The van der Waals surface area contributed by atoms with E-state index in [2.05, 4.69) is 23.4 Å². The molecule has 0 amide bonds. The molecule has 0 atom stereocenters. The molecule has 0 bridgehead atoms. The van der Waals surface area contributed by atoms with Crippen LogP contribution in [0.15, 0.2) is 34.3 Å². The minimum Gasteiger partial charge on any atom is -0.505 e. The number of anilines is 1. The lowest BCUT2D eigenvalue weighted by molar-refractivity contribution is 0.483. The van der Waals surface area contributed by atoms with Gasteiger partial charge in [-0.3, -0.25) is 9.98 Å². The molecule has 0 aliphatic rings. The van der Waals surface area contributed by atoms with E-state index in [0.717, 1.165) is 5.39 Å². The minimum atomic E-state index is -3.11. The summed E-state index contributed by atoms with van der Waals surface area (Å²) in [5.74, 6) is 0.0809. The largest absolute Gasteiger partial charge is 0.505 e. The van der Waals surface area contributed by atoms with Gasteiger partial charge >= 0.3 is 10.6 Å². The summed E-state index contributed by atoms with van der Waals surface area (Å²) >= 11 is 0. The number of rotatable bonds is 2. The maximum Gasteiger partial charge on any atom is 0.425 e. The summed E-state index contributed by atoms with van der Waals surface area (Å²) in [6.07, 6.45) is 0. The molecule has 104 valence electrons. The average molecular weight is 293 g/mol. The van der Waals surface area contributed by atoms with Crippen LogP contribution in [0.25, 0.3) is 10.8 Å². The van der Waals surface area contributed by atoms with E-state index in [0.29, 0.717) is 22.4 Å². The molecule has 0 saturated heterocycles. The molecule has 0 aromatic heterocycles. The summed E-state index contributed by atoms with van der Waals surface area (Å²) < 4.78 is 25.3. The van der Waals surface area contributed by atoms with E-state index in [-0.39, 0.29) is 5.75 Å². The summed E-state index contributed by atoms with van der Waals surface area (Å²) in [6, 6.07) is 6.86. The lowest BCUT2D eigenvalue weighted by Crippen LogP contribution is -1.86. The SMILES string of the molecule is C=Nc1ccc2c(N=C)c(N)ccc2c1O.O=S(=O)=O. The second-order valence-corrected chi connectivity index (χ2v) is 3.96. The molecule has 0 heterocycles. The van der Waals surface area contributed by atoms with Gasteiger partial charge in [-0.2, -0.15) is 0 Å². The molecule has 2 rings (SSSR count). The first-order valence-electron chi connectivity index (χ1n) is 5.16. The Kier molecular flexibility index (Phi) is 4.93. The Morgan fingerprint density at radius 2 is 1.55 bits per heavy atom. The van der Waals surface area contributed by atoms with Crippen LogP contribution in [0.3, 0.4) is 0 Å². The van der Waals surface area contributed by atoms with Gasteiger partial charge < -0.3 is 10.8 Å². The van der Waals surface area contributed by atoms with Gasteiger partial charge in [-0.15, -0.1) is 12.6 Å². The molecule has 0 radical (unpaired) electrons. The number of hydrogen-bond donors (Lipinski definition) is 2. The fourth-order valence-corrected chi connectivity index (χ4v) is 1.68. The molecule has 2 aromatic carbocycles. The zero-order chi connectivity index (χ0) is 15.3. The van der Waals surface area contributed by atoms with Gasteiger partial charge in [0.1, 0.15) is 11.4 Å². The zero-order valence-electron chi connectivity index (χ0n) is 10.3. The second-order valence-electron chi connectivity index (χ2n) is 3.55. The number of nitrogen functional groups attached to an aromatic ring is 1. The van der Waals surface area contributed by atoms with Crippen molar-refractivity contribution in [3.05, 3.63) is 24.3 Å². The first-order valence-corrected chi connectivity index (χ1v) is 6.16. The van der Waals surface area contributed by atoms with Crippen LogP contribution in [0.4, 0.5) is 17.1 Å². The zero-order valence-corrected chi connectivity index (χ0v) is 11.1. The third-order valence-electron chi connectivity index (χ3n) is 2.48. The van der Waals surface area contributed by atoms with Crippen LogP contribution in [0, 0.1) is 0 Å². The van der Waals surface area contributed by atoms with E-state index in [1.54, 1.807) is 24.3 Å². The van der Waals surface area contributed by atoms with E-state index in [9.17, 15) is 5.11 Å². The smallest absolute Gasteiger partial charge is 0.425 e. The van der Waals surface area contributed by atoms with Crippen LogP contribution in [0.1, 0.15) is 0 Å². The van der Waals surface area contributed by atoms with Gasteiger partial charge in [0.2, 0.25) is 0 Å². The normalized spacial score (nSPS) is 9.40. The Balaban J connectivity index is 0.000000444. The van der Waals surface area contributed by atoms with Crippen molar-refractivity contribution < 1.29 is 17.7 Å². The molecule has 0 unspecified atom stereocenters. The molecule has 0 aliphatic heterocycles. The first-order chi connectivity index (χ1) is 9.42. The highest BCUT2D eigenvalue weighted by atomic mass is 32.2. The highest BCUT2D eigenvalue weighted by molar-refractivity contribution is 7.59. The summed E-state index contributed by atoms with van der Waals surface area (Å²) in [6.45, 7) is 6.85. The molecule has 3 N–H and O–H groups in total. The first kappa shape index (κ1) is 15.3. The van der Waals surface area contributed by atoms with Crippen LogP contribution in [-0.4, -0.2) is 31.2 Å². The Labute approximate surface area is 116 Å². The number of nitrogens with two attached hydrogens (primary N) is 1. The predicted octanol–water partition coefficient (Wildman–Crippen LogP) is 1.79. The number of phenolic OH excluding ortho intramolecular Hbond substituents is 1. The van der Waals surface area contributed by atoms with Crippen LogP contribution >= 0.6 is 0 Å². The van der Waals surface area contributed by atoms with Gasteiger partial charge in [-0.25, -0.2) is 0 Å². The van der Waals surface area contributed by atoms with Crippen molar-refractivity contribution in [1.29, 1.82) is 0 Å². The molecule has 20 heavy (non-hydrogen) atoms. The van der Waals surface area contributed by atoms with E-state index in [1.807, 2.05) is 0 Å². The maximum atomic E-state index is 9.92. The van der Waals surface area contributed by atoms with Crippen LogP contribution < -0.4 is 5.73 Å². The molecule has 0 spiro atoms. The van der Waals surface area contributed by atoms with Gasteiger partial charge in [0.15, 0.2) is 0 Å².